The highest BCUT2D eigenvalue weighted by molar-refractivity contribution is 6.32. The van der Waals surface area contributed by atoms with Crippen LogP contribution in [0.15, 0.2) is 46.9 Å². The zero-order valence-electron chi connectivity index (χ0n) is 14.4. The molecule has 0 unspecified atom stereocenters. The Morgan fingerprint density at radius 1 is 1.22 bits per heavy atom. The predicted octanol–water partition coefficient (Wildman–Crippen LogP) is 4.52. The van der Waals surface area contributed by atoms with Gasteiger partial charge in [-0.2, -0.15) is 0 Å². The molecule has 27 heavy (non-hydrogen) atoms. The number of carbonyl (C=O) groups excluding carboxylic acids is 1. The number of carbonyl (C=O) groups is 1. The molecule has 9 heteroatoms. The number of nitro groups is 1. The smallest absolute Gasteiger partial charge is 0.339 e. The third-order valence-corrected chi connectivity index (χ3v) is 4.07. The summed E-state index contributed by atoms with van der Waals surface area (Å²) < 4.78 is 10.8. The van der Waals surface area contributed by atoms with Crippen LogP contribution in [0.25, 0.3) is 11.5 Å². The molecule has 3 aromatic rings. The second-order valence-electron chi connectivity index (χ2n) is 5.78. The first-order valence-corrected chi connectivity index (χ1v) is 8.28. The highest BCUT2D eigenvalue weighted by Crippen LogP contribution is 2.27. The van der Waals surface area contributed by atoms with E-state index in [1.165, 1.54) is 12.1 Å². The van der Waals surface area contributed by atoms with E-state index >= 15 is 0 Å². The summed E-state index contributed by atoms with van der Waals surface area (Å²) in [4.78, 5) is 22.5. The molecule has 0 bridgehead atoms. The van der Waals surface area contributed by atoms with E-state index in [-0.39, 0.29) is 22.2 Å². The molecule has 2 aromatic carbocycles. The monoisotopic (exact) mass is 387 g/mol. The molecule has 0 amide bonds. The van der Waals surface area contributed by atoms with Gasteiger partial charge in [-0.15, -0.1) is 10.2 Å². The summed E-state index contributed by atoms with van der Waals surface area (Å²) in [5.41, 5.74) is 1.46. The zero-order valence-corrected chi connectivity index (χ0v) is 15.1. The van der Waals surface area contributed by atoms with Gasteiger partial charge in [-0.05, 0) is 38.1 Å². The third-order valence-electron chi connectivity index (χ3n) is 3.75. The first kappa shape index (κ1) is 18.5. The zero-order chi connectivity index (χ0) is 19.6. The Balaban J connectivity index is 1.75. The highest BCUT2D eigenvalue weighted by Gasteiger charge is 2.22. The lowest BCUT2D eigenvalue weighted by atomic mass is 10.1. The minimum atomic E-state index is -0.834. The van der Waals surface area contributed by atoms with Crippen LogP contribution >= 0.6 is 11.6 Å². The van der Waals surface area contributed by atoms with Crippen molar-refractivity contribution < 1.29 is 18.9 Å². The Labute approximate surface area is 158 Å². The predicted molar refractivity (Wildman–Crippen MR) is 96.4 cm³/mol. The molecule has 0 aliphatic rings. The van der Waals surface area contributed by atoms with E-state index in [2.05, 4.69) is 10.2 Å². The fourth-order valence-corrected chi connectivity index (χ4v) is 2.46. The van der Waals surface area contributed by atoms with Gasteiger partial charge in [0, 0.05) is 11.6 Å². The lowest BCUT2D eigenvalue weighted by molar-refractivity contribution is -0.384. The number of nitro benzene ring substituents is 1. The summed E-state index contributed by atoms with van der Waals surface area (Å²) in [6.07, 6.45) is -0.834. The van der Waals surface area contributed by atoms with E-state index in [0.29, 0.717) is 5.89 Å². The number of nitrogens with zero attached hydrogens (tertiary/aromatic N) is 3. The van der Waals surface area contributed by atoms with Gasteiger partial charge in [-0.1, -0.05) is 29.3 Å². The summed E-state index contributed by atoms with van der Waals surface area (Å²) in [5, 5.41) is 18.7. The SMILES string of the molecule is Cc1ccc(-c2nnc([C@@H](C)OC(=O)c3ccc(Cl)c([N+](=O)[O-])c3)o2)cc1. The fraction of sp³-hybridized carbons (Fsp3) is 0.167. The van der Waals surface area contributed by atoms with Crippen LogP contribution < -0.4 is 0 Å². The summed E-state index contributed by atoms with van der Waals surface area (Å²) in [6.45, 7) is 3.53. The molecule has 0 saturated carbocycles. The largest absolute Gasteiger partial charge is 0.449 e. The second-order valence-corrected chi connectivity index (χ2v) is 6.19. The van der Waals surface area contributed by atoms with E-state index in [4.69, 9.17) is 20.8 Å². The van der Waals surface area contributed by atoms with Gasteiger partial charge in [0.1, 0.15) is 5.02 Å². The molecule has 1 aromatic heterocycles. The van der Waals surface area contributed by atoms with Crippen molar-refractivity contribution in [3.63, 3.8) is 0 Å². The summed E-state index contributed by atoms with van der Waals surface area (Å²) >= 11 is 5.74. The van der Waals surface area contributed by atoms with Crippen LogP contribution in [0.2, 0.25) is 5.02 Å². The number of aryl methyl sites for hydroxylation is 1. The molecule has 0 radical (unpaired) electrons. The topological polar surface area (TPSA) is 108 Å². The highest BCUT2D eigenvalue weighted by atomic mass is 35.5. The molecular formula is C18H14ClN3O5. The number of hydrogen-bond acceptors (Lipinski definition) is 7. The molecule has 0 aliphatic heterocycles. The van der Waals surface area contributed by atoms with Crippen LogP contribution in [0.5, 0.6) is 0 Å². The van der Waals surface area contributed by atoms with Crippen molar-refractivity contribution in [2.45, 2.75) is 20.0 Å². The molecule has 0 aliphatic carbocycles. The molecular weight excluding hydrogens is 374 g/mol. The molecule has 1 atom stereocenters. The Morgan fingerprint density at radius 2 is 1.93 bits per heavy atom. The number of hydrogen-bond donors (Lipinski definition) is 0. The number of rotatable bonds is 5. The summed E-state index contributed by atoms with van der Waals surface area (Å²) in [5.74, 6) is -0.352. The third kappa shape index (κ3) is 4.12. The van der Waals surface area contributed by atoms with Crippen molar-refractivity contribution in [2.75, 3.05) is 0 Å². The quantitative estimate of drug-likeness (QED) is 0.359. The molecule has 1 heterocycles. The van der Waals surface area contributed by atoms with Crippen LogP contribution in [-0.4, -0.2) is 21.1 Å². The maximum atomic E-state index is 12.3. The van der Waals surface area contributed by atoms with Crippen molar-refractivity contribution in [3.05, 3.63) is 74.6 Å². The van der Waals surface area contributed by atoms with E-state index in [9.17, 15) is 14.9 Å². The average molecular weight is 388 g/mol. The Morgan fingerprint density at radius 3 is 2.59 bits per heavy atom. The minimum Gasteiger partial charge on any atom is -0.449 e. The average Bonchev–Trinajstić information content (AvgIpc) is 3.12. The maximum absolute atomic E-state index is 12.3. The first-order valence-electron chi connectivity index (χ1n) is 7.90. The maximum Gasteiger partial charge on any atom is 0.339 e. The standard InChI is InChI=1S/C18H14ClN3O5/c1-10-3-5-12(6-4-10)17-21-20-16(27-17)11(2)26-18(23)13-7-8-14(19)15(9-13)22(24)25/h3-9,11H,1-2H3/t11-/m1/s1. The van der Waals surface area contributed by atoms with Gasteiger partial charge < -0.3 is 9.15 Å². The van der Waals surface area contributed by atoms with Crippen LogP contribution in [0.3, 0.4) is 0 Å². The Kier molecular flexibility index (Phi) is 5.18. The van der Waals surface area contributed by atoms with Crippen LogP contribution in [0, 0.1) is 17.0 Å². The van der Waals surface area contributed by atoms with Gasteiger partial charge in [0.15, 0.2) is 6.10 Å². The molecule has 0 N–H and O–H groups in total. The van der Waals surface area contributed by atoms with Gasteiger partial charge in [-0.3, -0.25) is 10.1 Å². The molecule has 3 rings (SSSR count). The van der Waals surface area contributed by atoms with Crippen LogP contribution in [0.1, 0.15) is 34.8 Å². The Bertz CT molecular complexity index is 1000. The van der Waals surface area contributed by atoms with Crippen LogP contribution in [-0.2, 0) is 4.74 Å². The lowest BCUT2D eigenvalue weighted by Gasteiger charge is -2.09. The summed E-state index contributed by atoms with van der Waals surface area (Å²) in [7, 11) is 0. The van der Waals surface area contributed by atoms with Gasteiger partial charge >= 0.3 is 5.97 Å². The lowest BCUT2D eigenvalue weighted by Crippen LogP contribution is -2.10. The van der Waals surface area contributed by atoms with Gasteiger partial charge in [0.2, 0.25) is 5.89 Å². The molecule has 8 nitrogen and oxygen atoms in total. The van der Waals surface area contributed by atoms with Crippen molar-refractivity contribution in [1.82, 2.24) is 10.2 Å². The number of aromatic nitrogens is 2. The Hall–Kier alpha value is -3.26. The number of benzene rings is 2. The van der Waals surface area contributed by atoms with Gasteiger partial charge in [0.25, 0.3) is 11.6 Å². The second kappa shape index (κ2) is 7.55. The van der Waals surface area contributed by atoms with Gasteiger partial charge in [0.05, 0.1) is 10.5 Å². The normalized spacial score (nSPS) is 11.8. The number of halogens is 1. The van der Waals surface area contributed by atoms with E-state index in [1.54, 1.807) is 6.92 Å². The molecule has 0 fully saturated rings. The van der Waals surface area contributed by atoms with E-state index < -0.39 is 17.0 Å². The minimum absolute atomic E-state index is 0.00350. The van der Waals surface area contributed by atoms with Gasteiger partial charge in [-0.25, -0.2) is 4.79 Å². The molecule has 138 valence electrons. The van der Waals surface area contributed by atoms with Crippen LogP contribution in [0.4, 0.5) is 5.69 Å². The fourth-order valence-electron chi connectivity index (χ4n) is 2.27. The van der Waals surface area contributed by atoms with Crippen molar-refractivity contribution in [2.24, 2.45) is 0 Å². The first-order chi connectivity index (χ1) is 12.8. The number of esters is 1. The summed E-state index contributed by atoms with van der Waals surface area (Å²) in [6, 6.07) is 11.2. The van der Waals surface area contributed by atoms with Crippen molar-refractivity contribution in [3.8, 4) is 11.5 Å². The van der Waals surface area contributed by atoms with Crippen molar-refractivity contribution in [1.29, 1.82) is 0 Å². The van der Waals surface area contributed by atoms with E-state index in [0.717, 1.165) is 17.2 Å². The molecule has 0 spiro atoms. The van der Waals surface area contributed by atoms with E-state index in [1.807, 2.05) is 31.2 Å². The number of ether oxygens (including phenoxy) is 1. The van der Waals surface area contributed by atoms with Crippen molar-refractivity contribution >= 4 is 23.3 Å². The molecule has 0 saturated heterocycles.